The highest BCUT2D eigenvalue weighted by Crippen LogP contribution is 2.50. The van der Waals surface area contributed by atoms with Gasteiger partial charge in [0.15, 0.2) is 5.69 Å². The van der Waals surface area contributed by atoms with Crippen LogP contribution in [0.3, 0.4) is 0 Å². The number of halogens is 3. The Balaban J connectivity index is 1.47. The second-order valence-corrected chi connectivity index (χ2v) is 7.30. The van der Waals surface area contributed by atoms with E-state index in [9.17, 15) is 27.6 Å². The second-order valence-electron chi connectivity index (χ2n) is 7.30. The Morgan fingerprint density at radius 1 is 1.03 bits per heavy atom. The molecule has 160 valence electrons. The van der Waals surface area contributed by atoms with Crippen LogP contribution >= 0.6 is 0 Å². The molecular formula is C21H17F3N4O3. The van der Waals surface area contributed by atoms with E-state index in [0.29, 0.717) is 10.8 Å². The molecule has 1 aromatic heterocycles. The number of rotatable bonds is 3. The zero-order chi connectivity index (χ0) is 22.3. The molecule has 3 aromatic rings. The van der Waals surface area contributed by atoms with Crippen LogP contribution in [-0.4, -0.2) is 21.6 Å². The number of hydrogen-bond donors (Lipinski definition) is 2. The van der Waals surface area contributed by atoms with Crippen molar-refractivity contribution in [1.29, 1.82) is 0 Å². The SMILES string of the molecule is Cn1nc(C(=O)NNC(=O)C2CC2c2ccccc2C(F)(F)F)c2ccccc2c1=O. The second kappa shape index (κ2) is 7.53. The lowest BCUT2D eigenvalue weighted by molar-refractivity contribution is -0.138. The first-order valence-corrected chi connectivity index (χ1v) is 9.41. The molecule has 1 aliphatic rings. The van der Waals surface area contributed by atoms with Crippen molar-refractivity contribution >= 4 is 22.6 Å². The van der Waals surface area contributed by atoms with Crippen LogP contribution in [0.2, 0.25) is 0 Å². The minimum Gasteiger partial charge on any atom is -0.273 e. The minimum atomic E-state index is -4.51. The van der Waals surface area contributed by atoms with Crippen LogP contribution in [0.4, 0.5) is 13.2 Å². The van der Waals surface area contributed by atoms with Crippen molar-refractivity contribution < 1.29 is 22.8 Å². The average molecular weight is 430 g/mol. The summed E-state index contributed by atoms with van der Waals surface area (Å²) in [5.41, 5.74) is 3.35. The van der Waals surface area contributed by atoms with E-state index in [-0.39, 0.29) is 23.2 Å². The number of nitrogens with zero attached hydrogens (tertiary/aromatic N) is 2. The fraction of sp³-hybridized carbons (Fsp3) is 0.238. The van der Waals surface area contributed by atoms with Gasteiger partial charge in [0.1, 0.15) is 0 Å². The van der Waals surface area contributed by atoms with Gasteiger partial charge in [0.2, 0.25) is 5.91 Å². The first-order chi connectivity index (χ1) is 14.7. The van der Waals surface area contributed by atoms with Gasteiger partial charge in [-0.25, -0.2) is 4.68 Å². The maximum Gasteiger partial charge on any atom is 0.416 e. The number of alkyl halides is 3. The number of fused-ring (bicyclic) bond motifs is 1. The summed E-state index contributed by atoms with van der Waals surface area (Å²) in [6, 6.07) is 11.6. The van der Waals surface area contributed by atoms with Crippen LogP contribution in [0.1, 0.15) is 34.0 Å². The van der Waals surface area contributed by atoms with Gasteiger partial charge in [-0.05, 0) is 30.0 Å². The van der Waals surface area contributed by atoms with Crippen LogP contribution < -0.4 is 16.4 Å². The number of hydrogen-bond acceptors (Lipinski definition) is 4. The van der Waals surface area contributed by atoms with Crippen LogP contribution in [-0.2, 0) is 18.0 Å². The Hall–Kier alpha value is -3.69. The smallest absolute Gasteiger partial charge is 0.273 e. The largest absolute Gasteiger partial charge is 0.416 e. The minimum absolute atomic E-state index is 0.0622. The average Bonchev–Trinajstić information content (AvgIpc) is 3.55. The molecule has 0 saturated heterocycles. The molecule has 0 aliphatic heterocycles. The highest BCUT2D eigenvalue weighted by Gasteiger charge is 2.48. The molecule has 31 heavy (non-hydrogen) atoms. The fourth-order valence-electron chi connectivity index (χ4n) is 3.64. The summed E-state index contributed by atoms with van der Waals surface area (Å²) in [6.45, 7) is 0. The molecule has 2 aromatic carbocycles. The van der Waals surface area contributed by atoms with Crippen molar-refractivity contribution in [2.45, 2.75) is 18.5 Å². The molecule has 0 spiro atoms. The van der Waals surface area contributed by atoms with Gasteiger partial charge in [0.25, 0.3) is 11.5 Å². The predicted molar refractivity (Wildman–Crippen MR) is 105 cm³/mol. The van der Waals surface area contributed by atoms with E-state index in [4.69, 9.17) is 0 Å². The van der Waals surface area contributed by atoms with Gasteiger partial charge in [-0.15, -0.1) is 0 Å². The highest BCUT2D eigenvalue weighted by atomic mass is 19.4. The van der Waals surface area contributed by atoms with Gasteiger partial charge in [0, 0.05) is 18.4 Å². The number of hydrazine groups is 1. The van der Waals surface area contributed by atoms with Crippen molar-refractivity contribution in [3.8, 4) is 0 Å². The fourth-order valence-corrected chi connectivity index (χ4v) is 3.64. The zero-order valence-corrected chi connectivity index (χ0v) is 16.2. The molecule has 1 saturated carbocycles. The summed E-state index contributed by atoms with van der Waals surface area (Å²) in [5, 5.41) is 4.57. The van der Waals surface area contributed by atoms with Crippen LogP contribution in [0.15, 0.2) is 53.3 Å². The molecule has 4 rings (SSSR count). The van der Waals surface area contributed by atoms with Gasteiger partial charge in [-0.2, -0.15) is 18.3 Å². The molecule has 1 aliphatic carbocycles. The van der Waals surface area contributed by atoms with Crippen molar-refractivity contribution in [2.75, 3.05) is 0 Å². The van der Waals surface area contributed by atoms with Crippen molar-refractivity contribution in [2.24, 2.45) is 13.0 Å². The topological polar surface area (TPSA) is 93.1 Å². The molecule has 10 heteroatoms. The molecular weight excluding hydrogens is 413 g/mol. The van der Waals surface area contributed by atoms with Gasteiger partial charge in [-0.3, -0.25) is 25.2 Å². The van der Waals surface area contributed by atoms with Crippen LogP contribution in [0.5, 0.6) is 0 Å². The van der Waals surface area contributed by atoms with E-state index in [1.165, 1.54) is 25.2 Å². The number of amides is 2. The first-order valence-electron chi connectivity index (χ1n) is 9.41. The normalized spacial score (nSPS) is 17.9. The van der Waals surface area contributed by atoms with Crippen LogP contribution in [0, 0.1) is 5.92 Å². The molecule has 0 bridgehead atoms. The number of nitrogens with one attached hydrogen (secondary N) is 2. The third kappa shape index (κ3) is 3.88. The van der Waals surface area contributed by atoms with Gasteiger partial charge in [-0.1, -0.05) is 36.4 Å². The molecule has 2 N–H and O–H groups in total. The van der Waals surface area contributed by atoms with Crippen molar-refractivity contribution in [3.63, 3.8) is 0 Å². The molecule has 1 fully saturated rings. The number of aryl methyl sites for hydroxylation is 1. The summed E-state index contributed by atoms with van der Waals surface area (Å²) < 4.78 is 40.6. The standard InChI is InChI=1S/C21H17F3N4O3/c1-28-20(31)13-8-3-2-7-12(13)17(27-28)19(30)26-25-18(29)15-10-14(15)11-6-4-5-9-16(11)21(22,23)24/h2-9,14-15H,10H2,1H3,(H,25,29)(H,26,30). The lowest BCUT2D eigenvalue weighted by atomic mass is 10.0. The number of carbonyl (C=O) groups excluding carboxylic acids is 2. The van der Waals surface area contributed by atoms with Gasteiger partial charge in [0.05, 0.1) is 10.9 Å². The highest BCUT2D eigenvalue weighted by molar-refractivity contribution is 6.05. The summed E-state index contributed by atoms with van der Waals surface area (Å²) in [4.78, 5) is 37.1. The van der Waals surface area contributed by atoms with Gasteiger partial charge >= 0.3 is 6.18 Å². The Kier molecular flexibility index (Phi) is 5.00. The van der Waals surface area contributed by atoms with E-state index >= 15 is 0 Å². The van der Waals surface area contributed by atoms with E-state index in [0.717, 1.165) is 10.7 Å². The summed E-state index contributed by atoms with van der Waals surface area (Å²) >= 11 is 0. The first kappa shape index (κ1) is 20.6. The van der Waals surface area contributed by atoms with E-state index in [1.54, 1.807) is 24.3 Å². The molecule has 2 amide bonds. The zero-order valence-electron chi connectivity index (χ0n) is 16.2. The molecule has 2 unspecified atom stereocenters. The summed E-state index contributed by atoms with van der Waals surface area (Å²) in [7, 11) is 1.40. The maximum absolute atomic E-state index is 13.2. The van der Waals surface area contributed by atoms with Gasteiger partial charge < -0.3 is 0 Å². The number of carbonyl (C=O) groups is 2. The molecule has 2 atom stereocenters. The molecule has 1 heterocycles. The van der Waals surface area contributed by atoms with Crippen LogP contribution in [0.25, 0.3) is 10.8 Å². The third-order valence-corrected chi connectivity index (χ3v) is 5.26. The third-order valence-electron chi connectivity index (χ3n) is 5.26. The Labute approximate surface area is 173 Å². The van der Waals surface area contributed by atoms with E-state index in [1.807, 2.05) is 0 Å². The van der Waals surface area contributed by atoms with E-state index in [2.05, 4.69) is 16.0 Å². The monoisotopic (exact) mass is 430 g/mol. The van der Waals surface area contributed by atoms with Crippen molar-refractivity contribution in [1.82, 2.24) is 20.6 Å². The Bertz CT molecular complexity index is 1250. The molecule has 7 nitrogen and oxygen atoms in total. The number of benzene rings is 2. The maximum atomic E-state index is 13.2. The van der Waals surface area contributed by atoms with Crippen molar-refractivity contribution in [3.05, 3.63) is 75.7 Å². The Morgan fingerprint density at radius 3 is 2.39 bits per heavy atom. The summed E-state index contributed by atoms with van der Waals surface area (Å²) in [6.07, 6.45) is -4.26. The lowest BCUT2D eigenvalue weighted by Gasteiger charge is -2.13. The number of aromatic nitrogens is 2. The lowest BCUT2D eigenvalue weighted by Crippen LogP contribution is -2.43. The summed E-state index contributed by atoms with van der Waals surface area (Å²) in [5.74, 6) is -2.60. The Morgan fingerprint density at radius 2 is 1.68 bits per heavy atom. The molecule has 0 radical (unpaired) electrons. The van der Waals surface area contributed by atoms with E-state index < -0.39 is 35.4 Å². The predicted octanol–water partition coefficient (Wildman–Crippen LogP) is 2.52. The quantitative estimate of drug-likeness (QED) is 0.625.